The van der Waals surface area contributed by atoms with E-state index in [4.69, 9.17) is 0 Å². The summed E-state index contributed by atoms with van der Waals surface area (Å²) in [5, 5.41) is 0. The molecule has 0 fully saturated rings. The summed E-state index contributed by atoms with van der Waals surface area (Å²) >= 11 is 0. The predicted molar refractivity (Wildman–Crippen MR) is 58.6 cm³/mol. The zero-order chi connectivity index (χ0) is 10.7. The fourth-order valence-corrected chi connectivity index (χ4v) is 1.60. The molecule has 15 heavy (non-hydrogen) atoms. The molecule has 0 aromatic carbocycles. The summed E-state index contributed by atoms with van der Waals surface area (Å²) in [5.41, 5.74) is 1.19. The maximum absolute atomic E-state index is 4.29. The lowest BCUT2D eigenvalue weighted by molar-refractivity contribution is 0.762. The monoisotopic (exact) mass is 204 g/mol. The quantitative estimate of drug-likeness (QED) is 0.820. The average Bonchev–Trinajstić information content (AvgIpc) is 2.84. The molecule has 2 heterocycles. The zero-order valence-corrected chi connectivity index (χ0v) is 9.20. The lowest BCUT2D eigenvalue weighted by Crippen LogP contribution is -2.00. The van der Waals surface area contributed by atoms with Gasteiger partial charge in [-0.15, -0.1) is 0 Å². The maximum Gasteiger partial charge on any atom is 0.108 e. The standard InChI is InChI=1S/C11H16N4/c1-3-10-13-8-9(14-10)4-5-11-12-6-7-15(11)2/h6-8H,3-5H2,1-2H3,(H,13,14). The topological polar surface area (TPSA) is 46.5 Å². The van der Waals surface area contributed by atoms with Crippen molar-refractivity contribution >= 4 is 0 Å². The summed E-state index contributed by atoms with van der Waals surface area (Å²) in [5.74, 6) is 2.17. The second kappa shape index (κ2) is 4.29. The number of nitrogens with one attached hydrogen (secondary N) is 1. The highest BCUT2D eigenvalue weighted by atomic mass is 15.0. The van der Waals surface area contributed by atoms with Gasteiger partial charge in [0.05, 0.1) is 0 Å². The number of nitrogens with zero attached hydrogens (tertiary/aromatic N) is 3. The van der Waals surface area contributed by atoms with Crippen LogP contribution in [0.4, 0.5) is 0 Å². The van der Waals surface area contributed by atoms with Crippen LogP contribution in [0.3, 0.4) is 0 Å². The molecule has 0 bridgehead atoms. The molecule has 4 heteroatoms. The Hall–Kier alpha value is -1.58. The normalized spacial score (nSPS) is 10.8. The molecule has 80 valence electrons. The van der Waals surface area contributed by atoms with E-state index in [9.17, 15) is 0 Å². The lowest BCUT2D eigenvalue weighted by atomic mass is 10.2. The van der Waals surface area contributed by atoms with Gasteiger partial charge in [-0.25, -0.2) is 9.97 Å². The highest BCUT2D eigenvalue weighted by molar-refractivity contribution is 5.04. The molecule has 0 aliphatic heterocycles. The third-order valence-corrected chi connectivity index (χ3v) is 2.55. The molecule has 2 rings (SSSR count). The fraction of sp³-hybridized carbons (Fsp3) is 0.455. The summed E-state index contributed by atoms with van der Waals surface area (Å²) in [7, 11) is 2.02. The van der Waals surface area contributed by atoms with E-state index < -0.39 is 0 Å². The van der Waals surface area contributed by atoms with Crippen molar-refractivity contribution in [1.82, 2.24) is 19.5 Å². The van der Waals surface area contributed by atoms with E-state index in [1.165, 1.54) is 5.69 Å². The molecule has 0 unspecified atom stereocenters. The summed E-state index contributed by atoms with van der Waals surface area (Å²) in [4.78, 5) is 11.9. The highest BCUT2D eigenvalue weighted by Crippen LogP contribution is 2.04. The Morgan fingerprint density at radius 1 is 1.33 bits per heavy atom. The van der Waals surface area contributed by atoms with Crippen molar-refractivity contribution in [2.75, 3.05) is 0 Å². The van der Waals surface area contributed by atoms with Gasteiger partial charge in [-0.2, -0.15) is 0 Å². The Labute approximate surface area is 89.4 Å². The van der Waals surface area contributed by atoms with Crippen LogP contribution in [0.2, 0.25) is 0 Å². The van der Waals surface area contributed by atoms with Crippen molar-refractivity contribution in [2.45, 2.75) is 26.2 Å². The summed E-state index contributed by atoms with van der Waals surface area (Å²) in [6, 6.07) is 0. The van der Waals surface area contributed by atoms with Crippen LogP contribution in [-0.4, -0.2) is 19.5 Å². The lowest BCUT2D eigenvalue weighted by Gasteiger charge is -1.99. The fourth-order valence-electron chi connectivity index (χ4n) is 1.60. The van der Waals surface area contributed by atoms with Crippen molar-refractivity contribution in [2.24, 2.45) is 7.05 Å². The Morgan fingerprint density at radius 3 is 2.80 bits per heavy atom. The Morgan fingerprint density at radius 2 is 2.20 bits per heavy atom. The molecule has 0 atom stereocenters. The number of H-pyrrole nitrogens is 1. The minimum Gasteiger partial charge on any atom is -0.346 e. The van der Waals surface area contributed by atoms with Crippen LogP contribution in [-0.2, 0) is 26.3 Å². The van der Waals surface area contributed by atoms with Gasteiger partial charge in [-0.05, 0) is 6.42 Å². The number of aromatic amines is 1. The molecule has 0 saturated heterocycles. The smallest absolute Gasteiger partial charge is 0.108 e. The number of hydrogen-bond acceptors (Lipinski definition) is 2. The molecule has 2 aromatic heterocycles. The van der Waals surface area contributed by atoms with Crippen molar-refractivity contribution < 1.29 is 0 Å². The van der Waals surface area contributed by atoms with Crippen molar-refractivity contribution in [3.05, 3.63) is 35.9 Å². The van der Waals surface area contributed by atoms with E-state index in [-0.39, 0.29) is 0 Å². The predicted octanol–water partition coefficient (Wildman–Crippen LogP) is 1.49. The molecule has 2 aromatic rings. The molecular weight excluding hydrogens is 188 g/mol. The molecule has 1 N–H and O–H groups in total. The van der Waals surface area contributed by atoms with Crippen LogP contribution < -0.4 is 0 Å². The number of rotatable bonds is 4. The highest BCUT2D eigenvalue weighted by Gasteiger charge is 2.02. The third kappa shape index (κ3) is 2.26. The van der Waals surface area contributed by atoms with E-state index in [0.717, 1.165) is 30.9 Å². The van der Waals surface area contributed by atoms with Gasteiger partial charge >= 0.3 is 0 Å². The van der Waals surface area contributed by atoms with Gasteiger partial charge in [-0.3, -0.25) is 0 Å². The first-order valence-corrected chi connectivity index (χ1v) is 5.28. The van der Waals surface area contributed by atoms with Gasteiger partial charge in [0.2, 0.25) is 0 Å². The Kier molecular flexibility index (Phi) is 2.85. The third-order valence-electron chi connectivity index (χ3n) is 2.55. The van der Waals surface area contributed by atoms with Crippen LogP contribution in [0.15, 0.2) is 18.6 Å². The molecule has 0 spiro atoms. The Bertz CT molecular complexity index is 427. The Balaban J connectivity index is 1.96. The van der Waals surface area contributed by atoms with E-state index in [0.29, 0.717) is 0 Å². The number of aryl methyl sites for hydroxylation is 4. The van der Waals surface area contributed by atoms with E-state index in [1.807, 2.05) is 25.6 Å². The average molecular weight is 204 g/mol. The number of aromatic nitrogens is 4. The van der Waals surface area contributed by atoms with Crippen molar-refractivity contribution in [1.29, 1.82) is 0 Å². The summed E-state index contributed by atoms with van der Waals surface area (Å²) in [6.45, 7) is 2.10. The first-order chi connectivity index (χ1) is 7.29. The van der Waals surface area contributed by atoms with Gasteiger partial charge in [0, 0.05) is 44.2 Å². The van der Waals surface area contributed by atoms with Crippen LogP contribution >= 0.6 is 0 Å². The van der Waals surface area contributed by atoms with Crippen molar-refractivity contribution in [3.63, 3.8) is 0 Å². The van der Waals surface area contributed by atoms with Crippen LogP contribution in [0.1, 0.15) is 24.3 Å². The van der Waals surface area contributed by atoms with Crippen LogP contribution in [0, 0.1) is 0 Å². The molecule has 0 radical (unpaired) electrons. The van der Waals surface area contributed by atoms with Gasteiger partial charge in [0.1, 0.15) is 11.6 Å². The number of hydrogen-bond donors (Lipinski definition) is 1. The van der Waals surface area contributed by atoms with Crippen molar-refractivity contribution in [3.8, 4) is 0 Å². The minimum absolute atomic E-state index is 0.953. The molecule has 0 saturated carbocycles. The molecule has 0 aliphatic rings. The summed E-state index contributed by atoms with van der Waals surface area (Å²) in [6.07, 6.45) is 8.61. The maximum atomic E-state index is 4.29. The van der Waals surface area contributed by atoms with Gasteiger partial charge in [-0.1, -0.05) is 6.92 Å². The van der Waals surface area contributed by atoms with E-state index in [2.05, 4.69) is 26.4 Å². The first kappa shape index (κ1) is 9.96. The second-order valence-corrected chi connectivity index (χ2v) is 3.66. The zero-order valence-electron chi connectivity index (χ0n) is 9.20. The van der Waals surface area contributed by atoms with Gasteiger partial charge in [0.15, 0.2) is 0 Å². The van der Waals surface area contributed by atoms with E-state index >= 15 is 0 Å². The largest absolute Gasteiger partial charge is 0.346 e. The first-order valence-electron chi connectivity index (χ1n) is 5.28. The molecule has 0 aliphatic carbocycles. The summed E-state index contributed by atoms with van der Waals surface area (Å²) < 4.78 is 2.05. The van der Waals surface area contributed by atoms with E-state index in [1.54, 1.807) is 0 Å². The van der Waals surface area contributed by atoms with Crippen LogP contribution in [0.25, 0.3) is 0 Å². The van der Waals surface area contributed by atoms with Gasteiger partial charge < -0.3 is 9.55 Å². The SMILES string of the molecule is CCc1ncc(CCc2nccn2C)[nH]1. The molecular formula is C11H16N4. The molecule has 4 nitrogen and oxygen atoms in total. The van der Waals surface area contributed by atoms with Gasteiger partial charge in [0.25, 0.3) is 0 Å². The minimum atomic E-state index is 0.953. The van der Waals surface area contributed by atoms with Crippen LogP contribution in [0.5, 0.6) is 0 Å². The number of imidazole rings is 2. The second-order valence-electron chi connectivity index (χ2n) is 3.66. The molecule has 0 amide bonds.